The van der Waals surface area contributed by atoms with Crippen LogP contribution in [0.5, 0.6) is 5.75 Å². The molecule has 0 saturated carbocycles. The summed E-state index contributed by atoms with van der Waals surface area (Å²) < 4.78 is 1.77. The largest absolute Gasteiger partial charge is 0.508 e. The van der Waals surface area contributed by atoms with Crippen molar-refractivity contribution in [3.8, 4) is 17.0 Å². The van der Waals surface area contributed by atoms with Gasteiger partial charge in [0.25, 0.3) is 0 Å². The first-order chi connectivity index (χ1) is 6.27. The molecule has 0 fully saturated rings. The minimum Gasteiger partial charge on any atom is -0.508 e. The van der Waals surface area contributed by atoms with E-state index in [0.29, 0.717) is 0 Å². The fraction of sp³-hybridized carbons (Fsp3) is 0.100. The van der Waals surface area contributed by atoms with Gasteiger partial charge in [0.05, 0.1) is 5.69 Å². The maximum Gasteiger partial charge on any atom is 0.116 e. The number of rotatable bonds is 1. The number of phenolic OH excluding ortho intramolecular Hbond substituents is 1. The van der Waals surface area contributed by atoms with E-state index in [1.807, 2.05) is 25.2 Å². The van der Waals surface area contributed by atoms with Gasteiger partial charge in [0.2, 0.25) is 0 Å². The van der Waals surface area contributed by atoms with Gasteiger partial charge in [-0.15, -0.1) is 0 Å². The number of hydrogen-bond acceptors (Lipinski definition) is 2. The van der Waals surface area contributed by atoms with Gasteiger partial charge in [0.15, 0.2) is 0 Å². The minimum absolute atomic E-state index is 0.277. The van der Waals surface area contributed by atoms with Crippen LogP contribution < -0.4 is 0 Å². The van der Waals surface area contributed by atoms with Crippen LogP contribution in [0.15, 0.2) is 36.5 Å². The smallest absolute Gasteiger partial charge is 0.116 e. The highest BCUT2D eigenvalue weighted by Crippen LogP contribution is 2.21. The topological polar surface area (TPSA) is 38.0 Å². The first kappa shape index (κ1) is 7.86. The maximum absolute atomic E-state index is 9.27. The second kappa shape index (κ2) is 2.94. The van der Waals surface area contributed by atoms with Crippen LogP contribution in [0.3, 0.4) is 0 Å². The Balaban J connectivity index is 2.53. The highest BCUT2D eigenvalue weighted by atomic mass is 16.3. The number of hydrogen-bond donors (Lipinski definition) is 1. The molecular formula is C10H10N2O. The van der Waals surface area contributed by atoms with E-state index in [1.54, 1.807) is 23.0 Å². The van der Waals surface area contributed by atoms with Crippen molar-refractivity contribution in [2.75, 3.05) is 0 Å². The fourth-order valence-electron chi connectivity index (χ4n) is 1.32. The summed E-state index contributed by atoms with van der Waals surface area (Å²) in [7, 11) is 1.87. The van der Waals surface area contributed by atoms with Crippen molar-refractivity contribution in [2.45, 2.75) is 0 Å². The molecule has 1 N–H and O–H groups in total. The molecule has 2 rings (SSSR count). The van der Waals surface area contributed by atoms with E-state index in [-0.39, 0.29) is 5.75 Å². The zero-order chi connectivity index (χ0) is 9.26. The van der Waals surface area contributed by atoms with Crippen LogP contribution in [-0.4, -0.2) is 14.9 Å². The van der Waals surface area contributed by atoms with Crippen LogP contribution in [0.4, 0.5) is 0 Å². The van der Waals surface area contributed by atoms with Crippen LogP contribution in [0.1, 0.15) is 0 Å². The molecule has 1 aromatic carbocycles. The Hall–Kier alpha value is -1.77. The first-order valence-corrected chi connectivity index (χ1v) is 4.05. The number of aromatic hydroxyl groups is 1. The lowest BCUT2D eigenvalue weighted by Crippen LogP contribution is -1.92. The number of phenols is 1. The summed E-state index contributed by atoms with van der Waals surface area (Å²) in [6.45, 7) is 0. The lowest BCUT2D eigenvalue weighted by molar-refractivity contribution is 0.475. The van der Waals surface area contributed by atoms with Gasteiger partial charge in [0, 0.05) is 18.8 Å². The predicted octanol–water partition coefficient (Wildman–Crippen LogP) is 1.79. The molecule has 0 saturated heterocycles. The first-order valence-electron chi connectivity index (χ1n) is 4.05. The van der Waals surface area contributed by atoms with Crippen LogP contribution in [0.2, 0.25) is 0 Å². The van der Waals surface area contributed by atoms with E-state index in [9.17, 15) is 5.11 Å². The number of aromatic nitrogens is 2. The van der Waals surface area contributed by atoms with Crippen molar-refractivity contribution in [1.29, 1.82) is 0 Å². The lowest BCUT2D eigenvalue weighted by Gasteiger charge is -2.01. The average molecular weight is 174 g/mol. The number of benzene rings is 1. The zero-order valence-corrected chi connectivity index (χ0v) is 7.31. The van der Waals surface area contributed by atoms with Crippen LogP contribution >= 0.6 is 0 Å². The van der Waals surface area contributed by atoms with Crippen LogP contribution in [0.25, 0.3) is 11.3 Å². The third kappa shape index (κ3) is 1.40. The van der Waals surface area contributed by atoms with E-state index in [0.717, 1.165) is 11.3 Å². The van der Waals surface area contributed by atoms with Gasteiger partial charge in [-0.2, -0.15) is 5.10 Å². The fourth-order valence-corrected chi connectivity index (χ4v) is 1.32. The highest BCUT2D eigenvalue weighted by Gasteiger charge is 2.01. The third-order valence-electron chi connectivity index (χ3n) is 1.96. The zero-order valence-electron chi connectivity index (χ0n) is 7.31. The Morgan fingerprint density at radius 1 is 1.31 bits per heavy atom. The molecule has 66 valence electrons. The Morgan fingerprint density at radius 2 is 2.15 bits per heavy atom. The summed E-state index contributed by atoms with van der Waals surface area (Å²) in [5.74, 6) is 0.277. The second-order valence-electron chi connectivity index (χ2n) is 2.89. The second-order valence-corrected chi connectivity index (χ2v) is 2.89. The SMILES string of the molecule is Cn1nccc1-c1cccc(O)c1. The summed E-state index contributed by atoms with van der Waals surface area (Å²) >= 11 is 0. The minimum atomic E-state index is 0.277. The van der Waals surface area contributed by atoms with Gasteiger partial charge in [-0.1, -0.05) is 12.1 Å². The van der Waals surface area contributed by atoms with Crippen LogP contribution in [0, 0.1) is 0 Å². The average Bonchev–Trinajstić information content (AvgIpc) is 2.51. The Morgan fingerprint density at radius 3 is 2.77 bits per heavy atom. The van der Waals surface area contributed by atoms with Crippen molar-refractivity contribution in [2.24, 2.45) is 7.05 Å². The van der Waals surface area contributed by atoms with Crippen molar-refractivity contribution < 1.29 is 5.11 Å². The van der Waals surface area contributed by atoms with Gasteiger partial charge in [-0.05, 0) is 18.2 Å². The Kier molecular flexibility index (Phi) is 1.77. The molecule has 1 heterocycles. The molecule has 0 aliphatic carbocycles. The monoisotopic (exact) mass is 174 g/mol. The molecule has 1 aromatic heterocycles. The van der Waals surface area contributed by atoms with Crippen LogP contribution in [-0.2, 0) is 7.05 Å². The molecule has 0 radical (unpaired) electrons. The van der Waals surface area contributed by atoms with Crippen molar-refractivity contribution in [3.63, 3.8) is 0 Å². The van der Waals surface area contributed by atoms with Gasteiger partial charge in [-0.3, -0.25) is 4.68 Å². The third-order valence-corrected chi connectivity index (χ3v) is 1.96. The van der Waals surface area contributed by atoms with Gasteiger partial charge in [0.1, 0.15) is 5.75 Å². The van der Waals surface area contributed by atoms with E-state index in [4.69, 9.17) is 0 Å². The van der Waals surface area contributed by atoms with Crippen molar-refractivity contribution >= 4 is 0 Å². The molecule has 0 spiro atoms. The summed E-state index contributed by atoms with van der Waals surface area (Å²) in [5.41, 5.74) is 1.97. The van der Waals surface area contributed by atoms with E-state index < -0.39 is 0 Å². The lowest BCUT2D eigenvalue weighted by atomic mass is 10.1. The number of aryl methyl sites for hydroxylation is 1. The molecule has 0 atom stereocenters. The molecule has 0 unspecified atom stereocenters. The van der Waals surface area contributed by atoms with Gasteiger partial charge in [-0.25, -0.2) is 0 Å². The molecular weight excluding hydrogens is 164 g/mol. The molecule has 0 bridgehead atoms. The standard InChI is InChI=1S/C10H10N2O/c1-12-10(5-6-11-12)8-3-2-4-9(13)7-8/h2-7,13H,1H3. The van der Waals surface area contributed by atoms with Gasteiger partial charge < -0.3 is 5.11 Å². The molecule has 2 aromatic rings. The Bertz CT molecular complexity index is 420. The normalized spacial score (nSPS) is 10.2. The van der Waals surface area contributed by atoms with E-state index in [1.165, 1.54) is 0 Å². The molecule has 13 heavy (non-hydrogen) atoms. The molecule has 0 aliphatic heterocycles. The van der Waals surface area contributed by atoms with E-state index in [2.05, 4.69) is 5.10 Å². The maximum atomic E-state index is 9.27. The van der Waals surface area contributed by atoms with Crippen molar-refractivity contribution in [3.05, 3.63) is 36.5 Å². The summed E-state index contributed by atoms with van der Waals surface area (Å²) in [4.78, 5) is 0. The summed E-state index contributed by atoms with van der Waals surface area (Å²) in [6.07, 6.45) is 1.74. The predicted molar refractivity (Wildman–Crippen MR) is 50.3 cm³/mol. The summed E-state index contributed by atoms with van der Waals surface area (Å²) in [5, 5.41) is 13.3. The molecule has 3 nitrogen and oxygen atoms in total. The van der Waals surface area contributed by atoms with E-state index >= 15 is 0 Å². The van der Waals surface area contributed by atoms with Gasteiger partial charge >= 0.3 is 0 Å². The quantitative estimate of drug-likeness (QED) is 0.715. The van der Waals surface area contributed by atoms with Crippen molar-refractivity contribution in [1.82, 2.24) is 9.78 Å². The molecule has 0 amide bonds. The molecule has 3 heteroatoms. The number of nitrogens with zero attached hydrogens (tertiary/aromatic N) is 2. The summed E-state index contributed by atoms with van der Waals surface area (Å²) in [6, 6.07) is 9.04. The Labute approximate surface area is 76.3 Å². The highest BCUT2D eigenvalue weighted by molar-refractivity contribution is 5.60. The molecule has 0 aliphatic rings.